The third kappa shape index (κ3) is 51.0. The highest BCUT2D eigenvalue weighted by Crippen LogP contribution is 2.18. The predicted octanol–water partition coefficient (Wildman–Crippen LogP) is 3.89. The highest BCUT2D eigenvalue weighted by molar-refractivity contribution is 5.31. The Hall–Kier alpha value is -1.62. The SMILES string of the molecule is CCCCCCCCCc1ccccc1O.OCCOCCOCCOCCOCCOCCOCCOCCOCCOCCOCCOCCOCCOCCOCCO. The van der Waals surface area contributed by atoms with Gasteiger partial charge < -0.3 is 81.6 Å². The number of aliphatic hydroxyl groups excluding tert-OH is 2. The van der Waals surface area contributed by atoms with E-state index in [4.69, 9.17) is 76.5 Å². The van der Waals surface area contributed by atoms with E-state index in [-0.39, 0.29) is 13.2 Å². The van der Waals surface area contributed by atoms with Gasteiger partial charge in [0.1, 0.15) is 5.75 Å². The van der Waals surface area contributed by atoms with Crippen LogP contribution in [0.5, 0.6) is 5.75 Å². The molecular formula is C45H86O17. The summed E-state index contributed by atoms with van der Waals surface area (Å²) < 4.78 is 75.2. The molecule has 368 valence electrons. The molecular weight excluding hydrogens is 812 g/mol. The maximum Gasteiger partial charge on any atom is 0.118 e. The van der Waals surface area contributed by atoms with Crippen LogP contribution in [0, 0.1) is 0 Å². The van der Waals surface area contributed by atoms with Gasteiger partial charge in [0.15, 0.2) is 0 Å². The van der Waals surface area contributed by atoms with E-state index in [0.717, 1.165) is 12.0 Å². The molecule has 1 aromatic rings. The fourth-order valence-electron chi connectivity index (χ4n) is 5.08. The highest BCUT2D eigenvalue weighted by atomic mass is 16.6. The van der Waals surface area contributed by atoms with Crippen LogP contribution >= 0.6 is 0 Å². The second-order valence-electron chi connectivity index (χ2n) is 13.5. The van der Waals surface area contributed by atoms with Gasteiger partial charge in [-0.15, -0.1) is 0 Å². The first-order chi connectivity index (χ1) is 30.8. The molecule has 0 aliphatic carbocycles. The van der Waals surface area contributed by atoms with Crippen LogP contribution in [0.25, 0.3) is 0 Å². The molecule has 0 aliphatic rings. The van der Waals surface area contributed by atoms with Crippen molar-refractivity contribution in [3.63, 3.8) is 0 Å². The van der Waals surface area contributed by atoms with Crippen molar-refractivity contribution in [2.45, 2.75) is 58.3 Å². The largest absolute Gasteiger partial charge is 0.508 e. The Morgan fingerprint density at radius 1 is 0.306 bits per heavy atom. The van der Waals surface area contributed by atoms with Gasteiger partial charge in [-0.05, 0) is 24.5 Å². The van der Waals surface area contributed by atoms with E-state index in [1.165, 1.54) is 44.9 Å². The Bertz CT molecular complexity index is 908. The van der Waals surface area contributed by atoms with E-state index in [2.05, 4.69) is 6.92 Å². The maximum atomic E-state index is 9.58. The fraction of sp³-hybridized carbons (Fsp3) is 0.867. The number of phenols is 1. The van der Waals surface area contributed by atoms with Crippen molar-refractivity contribution in [1.82, 2.24) is 0 Å². The highest BCUT2D eigenvalue weighted by Gasteiger charge is 2.00. The third-order valence-corrected chi connectivity index (χ3v) is 8.35. The number of para-hydroxylation sites is 1. The van der Waals surface area contributed by atoms with Crippen molar-refractivity contribution in [1.29, 1.82) is 0 Å². The minimum Gasteiger partial charge on any atom is -0.508 e. The summed E-state index contributed by atoms with van der Waals surface area (Å²) in [6.07, 6.45) is 10.3. The second-order valence-corrected chi connectivity index (χ2v) is 13.5. The molecule has 62 heavy (non-hydrogen) atoms. The summed E-state index contributed by atoms with van der Waals surface area (Å²) in [5, 5.41) is 26.7. The molecule has 0 bridgehead atoms. The zero-order valence-corrected chi connectivity index (χ0v) is 38.2. The summed E-state index contributed by atoms with van der Waals surface area (Å²) in [6, 6.07) is 7.67. The van der Waals surface area contributed by atoms with Gasteiger partial charge >= 0.3 is 0 Å². The molecule has 0 atom stereocenters. The molecule has 0 amide bonds. The number of unbranched alkanes of at least 4 members (excludes halogenated alkanes) is 6. The molecule has 1 rings (SSSR count). The molecule has 0 saturated heterocycles. The van der Waals surface area contributed by atoms with Crippen molar-refractivity contribution < 1.29 is 81.6 Å². The van der Waals surface area contributed by atoms with E-state index in [1.54, 1.807) is 6.07 Å². The van der Waals surface area contributed by atoms with Gasteiger partial charge in [-0.3, -0.25) is 0 Å². The van der Waals surface area contributed by atoms with Crippen LogP contribution in [0.4, 0.5) is 0 Å². The Labute approximate surface area is 373 Å². The van der Waals surface area contributed by atoms with Crippen LogP contribution in [0.1, 0.15) is 57.4 Å². The molecule has 0 saturated carbocycles. The second kappa shape index (κ2) is 55.5. The van der Waals surface area contributed by atoms with Crippen molar-refractivity contribution in [3.8, 4) is 5.75 Å². The Balaban J connectivity index is 0.00000193. The van der Waals surface area contributed by atoms with Gasteiger partial charge in [0.2, 0.25) is 0 Å². The van der Waals surface area contributed by atoms with Crippen LogP contribution in [-0.4, -0.2) is 214 Å². The molecule has 0 fully saturated rings. The topological polar surface area (TPSA) is 190 Å². The molecule has 0 aliphatic heterocycles. The molecule has 17 heteroatoms. The molecule has 0 radical (unpaired) electrons. The third-order valence-electron chi connectivity index (χ3n) is 8.35. The molecule has 0 aromatic heterocycles. The minimum absolute atomic E-state index is 0.0226. The predicted molar refractivity (Wildman–Crippen MR) is 235 cm³/mol. The number of aryl methyl sites for hydroxylation is 1. The van der Waals surface area contributed by atoms with Gasteiger partial charge in [0.05, 0.1) is 198 Å². The summed E-state index contributed by atoms with van der Waals surface area (Å²) >= 11 is 0. The maximum absolute atomic E-state index is 9.58. The Morgan fingerprint density at radius 3 is 0.774 bits per heavy atom. The zero-order chi connectivity index (χ0) is 44.8. The van der Waals surface area contributed by atoms with Crippen LogP contribution in [-0.2, 0) is 72.7 Å². The average Bonchev–Trinajstić information content (AvgIpc) is 3.28. The standard InChI is InChI=1S/C30H62O16.C15H24O/c31-1-3-33-5-7-35-9-11-37-13-15-39-17-19-41-21-23-43-25-27-45-29-30-46-28-26-44-24-22-42-20-18-40-16-14-38-12-10-36-8-6-34-4-2-32;1-2-3-4-5-6-7-8-11-14-12-9-10-13-15(14)16/h31-32H,1-30H2;9-10,12-13,16H,2-8,11H2,1H3. The van der Waals surface area contributed by atoms with Crippen molar-refractivity contribution >= 4 is 0 Å². The summed E-state index contributed by atoms with van der Waals surface area (Å²) in [5.41, 5.74) is 1.09. The van der Waals surface area contributed by atoms with Crippen LogP contribution < -0.4 is 0 Å². The number of hydrogen-bond acceptors (Lipinski definition) is 17. The summed E-state index contributed by atoms with van der Waals surface area (Å²) in [7, 11) is 0. The first kappa shape index (κ1) is 60.4. The van der Waals surface area contributed by atoms with Gasteiger partial charge in [0, 0.05) is 0 Å². The Morgan fingerprint density at radius 2 is 0.532 bits per heavy atom. The fourth-order valence-corrected chi connectivity index (χ4v) is 5.08. The lowest BCUT2D eigenvalue weighted by Gasteiger charge is -2.09. The smallest absolute Gasteiger partial charge is 0.118 e. The van der Waals surface area contributed by atoms with Crippen LogP contribution in [0.15, 0.2) is 24.3 Å². The van der Waals surface area contributed by atoms with Gasteiger partial charge in [-0.1, -0.05) is 63.6 Å². The zero-order valence-electron chi connectivity index (χ0n) is 38.2. The first-order valence-electron chi connectivity index (χ1n) is 22.8. The van der Waals surface area contributed by atoms with Crippen LogP contribution in [0.2, 0.25) is 0 Å². The minimum atomic E-state index is 0.0226. The summed E-state index contributed by atoms with van der Waals surface area (Å²) in [4.78, 5) is 0. The summed E-state index contributed by atoms with van der Waals surface area (Å²) in [5.74, 6) is 0.452. The normalized spacial score (nSPS) is 11.3. The molecule has 1 aromatic carbocycles. The van der Waals surface area contributed by atoms with Crippen molar-refractivity contribution in [3.05, 3.63) is 29.8 Å². The number of aliphatic hydroxyl groups is 2. The molecule has 3 N–H and O–H groups in total. The molecule has 0 unspecified atom stereocenters. The quantitative estimate of drug-likeness (QED) is 0.0798. The number of ether oxygens (including phenoxy) is 14. The number of benzene rings is 1. The van der Waals surface area contributed by atoms with Crippen molar-refractivity contribution in [2.75, 3.05) is 198 Å². The molecule has 0 heterocycles. The lowest BCUT2D eigenvalue weighted by Crippen LogP contribution is -2.15. The van der Waals surface area contributed by atoms with E-state index in [0.29, 0.717) is 191 Å². The van der Waals surface area contributed by atoms with Gasteiger partial charge in [0.25, 0.3) is 0 Å². The van der Waals surface area contributed by atoms with E-state index < -0.39 is 0 Å². The van der Waals surface area contributed by atoms with Gasteiger partial charge in [-0.2, -0.15) is 0 Å². The monoisotopic (exact) mass is 899 g/mol. The van der Waals surface area contributed by atoms with Crippen molar-refractivity contribution in [2.24, 2.45) is 0 Å². The van der Waals surface area contributed by atoms with E-state index in [9.17, 15) is 5.11 Å². The number of aromatic hydroxyl groups is 1. The lowest BCUT2D eigenvalue weighted by atomic mass is 10.0. The average molecular weight is 899 g/mol. The van der Waals surface area contributed by atoms with E-state index in [1.807, 2.05) is 18.2 Å². The van der Waals surface area contributed by atoms with E-state index >= 15 is 0 Å². The summed E-state index contributed by atoms with van der Waals surface area (Å²) in [6.45, 7) is 15.9. The lowest BCUT2D eigenvalue weighted by molar-refractivity contribution is -0.0299. The number of hydrogen-bond donors (Lipinski definition) is 3. The number of phenolic OH excluding ortho intramolecular Hbond substituents is 1. The Kier molecular flexibility index (Phi) is 54.1. The number of rotatable bonds is 51. The van der Waals surface area contributed by atoms with Crippen LogP contribution in [0.3, 0.4) is 0 Å². The molecule has 17 nitrogen and oxygen atoms in total. The molecule has 0 spiro atoms. The first-order valence-corrected chi connectivity index (χ1v) is 22.8. The van der Waals surface area contributed by atoms with Gasteiger partial charge in [-0.25, -0.2) is 0 Å².